The van der Waals surface area contributed by atoms with Crippen LogP contribution in [0.2, 0.25) is 0 Å². The smallest absolute Gasteiger partial charge is 0.0960 e. The third-order valence-corrected chi connectivity index (χ3v) is 3.03. The van der Waals surface area contributed by atoms with Crippen LogP contribution in [0.1, 0.15) is 0 Å². The molecule has 0 radical (unpaired) electrons. The van der Waals surface area contributed by atoms with E-state index in [4.69, 9.17) is 0 Å². The largest absolute Gasteiger partial charge is 0.368 e. The molecule has 3 heteroatoms. The molecule has 2 heterocycles. The lowest BCUT2D eigenvalue weighted by molar-refractivity contribution is 1.20. The summed E-state index contributed by atoms with van der Waals surface area (Å²) in [6.07, 6.45) is 13.3. The minimum Gasteiger partial charge on any atom is -0.368 e. The molecule has 0 fully saturated rings. The van der Waals surface area contributed by atoms with E-state index in [0.29, 0.717) is 0 Å². The van der Waals surface area contributed by atoms with Crippen LogP contribution in [0.15, 0.2) is 79.4 Å². The molecule has 0 aliphatic carbocycles. The third kappa shape index (κ3) is 2.62. The molecule has 4 rings (SSSR count). The molecule has 1 aliphatic rings. The molecule has 0 atom stereocenters. The Kier molecular flexibility index (Phi) is 3.60. The fourth-order valence-electron chi connectivity index (χ4n) is 2.08. The Morgan fingerprint density at radius 2 is 1.60 bits per heavy atom. The summed E-state index contributed by atoms with van der Waals surface area (Å²) in [6, 6.07) is 12.4. The summed E-state index contributed by atoms with van der Waals surface area (Å²) in [5.41, 5.74) is 2.15. The Balaban J connectivity index is 0.000000147. The van der Waals surface area contributed by atoms with Gasteiger partial charge in [0.2, 0.25) is 0 Å². The molecule has 98 valence electrons. The van der Waals surface area contributed by atoms with Crippen molar-refractivity contribution in [1.82, 2.24) is 15.3 Å². The summed E-state index contributed by atoms with van der Waals surface area (Å²) >= 11 is 0. The van der Waals surface area contributed by atoms with Crippen LogP contribution >= 0.6 is 0 Å². The molecule has 0 bridgehead atoms. The van der Waals surface area contributed by atoms with Crippen LogP contribution in [0.4, 0.5) is 0 Å². The van der Waals surface area contributed by atoms with E-state index in [1.54, 1.807) is 6.33 Å². The van der Waals surface area contributed by atoms with Gasteiger partial charge >= 0.3 is 0 Å². The quantitative estimate of drug-likeness (QED) is 0.644. The van der Waals surface area contributed by atoms with Gasteiger partial charge in [-0.05, 0) is 23.6 Å². The molecule has 0 unspecified atom stereocenters. The Labute approximate surface area is 117 Å². The summed E-state index contributed by atoms with van der Waals surface area (Å²) in [6.45, 7) is 0. The number of benzene rings is 2. The first-order valence-electron chi connectivity index (χ1n) is 6.50. The molecule has 1 aromatic heterocycles. The molecule has 1 aliphatic heterocycles. The summed E-state index contributed by atoms with van der Waals surface area (Å²) in [4.78, 5) is 7.39. The number of rotatable bonds is 0. The normalized spacial score (nSPS) is 12.8. The number of allylic oxidation sites excluding steroid dienone is 4. The van der Waals surface area contributed by atoms with Gasteiger partial charge in [-0.2, -0.15) is 0 Å². The van der Waals surface area contributed by atoms with Crippen LogP contribution in [0.25, 0.3) is 21.8 Å². The van der Waals surface area contributed by atoms with E-state index in [-0.39, 0.29) is 0 Å². The zero-order chi connectivity index (χ0) is 13.6. The minimum absolute atomic E-state index is 1.05. The lowest BCUT2D eigenvalue weighted by Crippen LogP contribution is -1.87. The molecule has 0 saturated carbocycles. The summed E-state index contributed by atoms with van der Waals surface area (Å²) in [5.74, 6) is 0. The average Bonchev–Trinajstić information content (AvgIpc) is 2.79. The minimum atomic E-state index is 1.05. The Morgan fingerprint density at radius 1 is 0.800 bits per heavy atom. The monoisotopic (exact) mass is 261 g/mol. The number of hydrogen-bond acceptors (Lipinski definition) is 2. The number of imidazole rings is 1. The first kappa shape index (κ1) is 12.2. The van der Waals surface area contributed by atoms with Gasteiger partial charge in [-0.3, -0.25) is 0 Å². The zero-order valence-electron chi connectivity index (χ0n) is 11.0. The molecule has 0 amide bonds. The topological polar surface area (TPSA) is 40.7 Å². The Morgan fingerprint density at radius 3 is 2.45 bits per heavy atom. The second-order valence-corrected chi connectivity index (χ2v) is 4.36. The molecule has 20 heavy (non-hydrogen) atoms. The van der Waals surface area contributed by atoms with Gasteiger partial charge < -0.3 is 10.3 Å². The Bertz CT molecular complexity index is 780. The van der Waals surface area contributed by atoms with E-state index in [2.05, 4.69) is 39.6 Å². The van der Waals surface area contributed by atoms with Crippen LogP contribution in [0.5, 0.6) is 0 Å². The maximum atomic E-state index is 4.29. The number of H-pyrrole nitrogens is 1. The van der Waals surface area contributed by atoms with Gasteiger partial charge in [0.05, 0.1) is 17.4 Å². The number of fused-ring (bicyclic) bond motifs is 3. The number of nitrogens with zero attached hydrogens (tertiary/aromatic N) is 1. The van der Waals surface area contributed by atoms with Crippen molar-refractivity contribution in [3.8, 4) is 0 Å². The van der Waals surface area contributed by atoms with E-state index < -0.39 is 0 Å². The fourth-order valence-corrected chi connectivity index (χ4v) is 2.08. The van der Waals surface area contributed by atoms with Crippen molar-refractivity contribution in [2.75, 3.05) is 0 Å². The summed E-state index contributed by atoms with van der Waals surface area (Å²) in [5, 5.41) is 5.37. The maximum absolute atomic E-state index is 4.29. The first-order chi connectivity index (χ1) is 9.95. The van der Waals surface area contributed by atoms with Gasteiger partial charge in [-0.15, -0.1) is 0 Å². The predicted octanol–water partition coefficient (Wildman–Crippen LogP) is 3.89. The molecule has 2 aromatic carbocycles. The molecule has 3 nitrogen and oxygen atoms in total. The van der Waals surface area contributed by atoms with Gasteiger partial charge in [0.1, 0.15) is 0 Å². The van der Waals surface area contributed by atoms with Crippen LogP contribution < -0.4 is 5.32 Å². The number of nitrogens with one attached hydrogen (secondary N) is 2. The SMILES string of the molecule is C1=CC=CNC=C1.c1ccc2c(c1)ccc1[nH]cnc12. The molecular formula is C17H15N3. The lowest BCUT2D eigenvalue weighted by Gasteiger charge is -1.96. The summed E-state index contributed by atoms with van der Waals surface area (Å²) < 4.78 is 0. The van der Waals surface area contributed by atoms with Crippen molar-refractivity contribution in [3.05, 3.63) is 79.4 Å². The first-order valence-corrected chi connectivity index (χ1v) is 6.50. The van der Waals surface area contributed by atoms with Crippen molar-refractivity contribution >= 4 is 21.8 Å². The molecule has 0 spiro atoms. The van der Waals surface area contributed by atoms with E-state index in [1.165, 1.54) is 10.8 Å². The predicted molar refractivity (Wildman–Crippen MR) is 84.2 cm³/mol. The fraction of sp³-hybridized carbons (Fsp3) is 0. The van der Waals surface area contributed by atoms with Crippen LogP contribution in [0.3, 0.4) is 0 Å². The molecule has 2 N–H and O–H groups in total. The lowest BCUT2D eigenvalue weighted by atomic mass is 10.1. The van der Waals surface area contributed by atoms with Crippen molar-refractivity contribution in [1.29, 1.82) is 0 Å². The van der Waals surface area contributed by atoms with Gasteiger partial charge in [0.25, 0.3) is 0 Å². The van der Waals surface area contributed by atoms with Crippen molar-refractivity contribution in [2.45, 2.75) is 0 Å². The number of aromatic nitrogens is 2. The highest BCUT2D eigenvalue weighted by Gasteiger charge is 2.00. The standard InChI is InChI=1S/C11H8N2.C6H7N/c1-2-4-9-8(3-1)5-6-10-11(9)13-7-12-10;1-2-4-6-7-5-3-1/h1-7H,(H,12,13);1-7H. The Hall–Kier alpha value is -2.81. The molecular weight excluding hydrogens is 246 g/mol. The third-order valence-electron chi connectivity index (χ3n) is 3.03. The highest BCUT2D eigenvalue weighted by atomic mass is 14.9. The van der Waals surface area contributed by atoms with E-state index in [1.807, 2.05) is 48.8 Å². The second-order valence-electron chi connectivity index (χ2n) is 4.36. The zero-order valence-corrected chi connectivity index (χ0v) is 11.0. The van der Waals surface area contributed by atoms with E-state index in [9.17, 15) is 0 Å². The van der Waals surface area contributed by atoms with Gasteiger partial charge in [-0.25, -0.2) is 4.98 Å². The maximum Gasteiger partial charge on any atom is 0.0960 e. The van der Waals surface area contributed by atoms with Crippen LogP contribution in [-0.2, 0) is 0 Å². The average molecular weight is 261 g/mol. The van der Waals surface area contributed by atoms with Gasteiger partial charge in [0, 0.05) is 17.8 Å². The highest BCUT2D eigenvalue weighted by molar-refractivity contribution is 6.03. The number of aromatic amines is 1. The van der Waals surface area contributed by atoms with Gasteiger partial charge in [0.15, 0.2) is 0 Å². The van der Waals surface area contributed by atoms with Gasteiger partial charge in [-0.1, -0.05) is 42.5 Å². The van der Waals surface area contributed by atoms with E-state index in [0.717, 1.165) is 11.0 Å². The van der Waals surface area contributed by atoms with Crippen LogP contribution in [0, 0.1) is 0 Å². The number of hydrogen-bond donors (Lipinski definition) is 2. The van der Waals surface area contributed by atoms with Crippen molar-refractivity contribution < 1.29 is 0 Å². The molecule has 0 saturated heterocycles. The molecule has 3 aromatic rings. The highest BCUT2D eigenvalue weighted by Crippen LogP contribution is 2.21. The second kappa shape index (κ2) is 5.89. The van der Waals surface area contributed by atoms with Crippen molar-refractivity contribution in [3.63, 3.8) is 0 Å². The summed E-state index contributed by atoms with van der Waals surface area (Å²) in [7, 11) is 0. The van der Waals surface area contributed by atoms with Crippen LogP contribution in [-0.4, -0.2) is 9.97 Å². The van der Waals surface area contributed by atoms with Crippen molar-refractivity contribution in [2.24, 2.45) is 0 Å². The van der Waals surface area contributed by atoms with E-state index >= 15 is 0 Å².